The summed E-state index contributed by atoms with van der Waals surface area (Å²) in [6.07, 6.45) is 0. The Labute approximate surface area is 213 Å². The minimum absolute atomic E-state index is 0.130. The molecular formula is C30H35N3O3. The second kappa shape index (κ2) is 8.84. The number of fused-ring (bicyclic) bond motifs is 1. The molecule has 1 fully saturated rings. The molecule has 1 atom stereocenters. The van der Waals surface area contributed by atoms with Crippen LogP contribution in [0.2, 0.25) is 0 Å². The molecule has 0 aromatic heterocycles. The predicted octanol–water partition coefficient (Wildman–Crippen LogP) is 6.46. The summed E-state index contributed by atoms with van der Waals surface area (Å²) in [6.45, 7) is 16.7. The molecule has 6 nitrogen and oxygen atoms in total. The van der Waals surface area contributed by atoms with E-state index in [0.717, 1.165) is 37.6 Å². The van der Waals surface area contributed by atoms with Crippen LogP contribution < -0.4 is 14.5 Å². The Kier molecular flexibility index (Phi) is 5.93. The minimum atomic E-state index is -0.349. The fourth-order valence-corrected chi connectivity index (χ4v) is 6.05. The Balaban J connectivity index is 1.47. The third-order valence-electron chi connectivity index (χ3n) is 8.04. The molecule has 0 saturated carbocycles. The normalized spacial score (nSPS) is 18.7. The Morgan fingerprint density at radius 3 is 2.00 bits per heavy atom. The lowest BCUT2D eigenvalue weighted by Crippen LogP contribution is -2.47. The number of nitro benzene ring substituents is 1. The third-order valence-corrected chi connectivity index (χ3v) is 8.04. The van der Waals surface area contributed by atoms with Crippen LogP contribution in [0.3, 0.4) is 0 Å². The van der Waals surface area contributed by atoms with Gasteiger partial charge < -0.3 is 14.5 Å². The molecule has 0 spiro atoms. The van der Waals surface area contributed by atoms with E-state index in [1.54, 1.807) is 12.1 Å². The van der Waals surface area contributed by atoms with Gasteiger partial charge in [-0.3, -0.25) is 10.1 Å². The molecule has 36 heavy (non-hydrogen) atoms. The van der Waals surface area contributed by atoms with E-state index in [1.165, 1.54) is 39.1 Å². The SMILES string of the molecule is Cc1ccc(C2c3c(C)c(N4CCN(c5ccc([N+](=O)[O-])cc5)CC4)c(C)c(C)c3OC2(C)C)cc1. The fraction of sp³-hybridized carbons (Fsp3) is 0.400. The lowest BCUT2D eigenvalue weighted by molar-refractivity contribution is -0.384. The minimum Gasteiger partial charge on any atom is -0.486 e. The molecule has 5 rings (SSSR count). The number of piperazine rings is 1. The van der Waals surface area contributed by atoms with Crippen LogP contribution in [-0.2, 0) is 0 Å². The zero-order chi connectivity index (χ0) is 25.8. The van der Waals surface area contributed by atoms with Crippen LogP contribution >= 0.6 is 0 Å². The summed E-state index contributed by atoms with van der Waals surface area (Å²) >= 11 is 0. The largest absolute Gasteiger partial charge is 0.486 e. The van der Waals surface area contributed by atoms with Gasteiger partial charge in [-0.1, -0.05) is 29.8 Å². The highest BCUT2D eigenvalue weighted by Gasteiger charge is 2.45. The molecule has 6 heteroatoms. The molecule has 0 bridgehead atoms. The maximum atomic E-state index is 11.0. The van der Waals surface area contributed by atoms with Crippen LogP contribution in [0.5, 0.6) is 5.75 Å². The maximum absolute atomic E-state index is 11.0. The first-order valence-corrected chi connectivity index (χ1v) is 12.7. The zero-order valence-electron chi connectivity index (χ0n) is 22.1. The second-order valence-electron chi connectivity index (χ2n) is 10.8. The van der Waals surface area contributed by atoms with Crippen LogP contribution in [0.15, 0.2) is 48.5 Å². The molecular weight excluding hydrogens is 450 g/mol. The van der Waals surface area contributed by atoms with Crippen LogP contribution in [0.25, 0.3) is 0 Å². The summed E-state index contributed by atoms with van der Waals surface area (Å²) < 4.78 is 6.65. The lowest BCUT2D eigenvalue weighted by Gasteiger charge is -2.39. The van der Waals surface area contributed by atoms with Gasteiger partial charge in [0.2, 0.25) is 0 Å². The van der Waals surface area contributed by atoms with Gasteiger partial charge in [0.1, 0.15) is 11.4 Å². The van der Waals surface area contributed by atoms with Crippen molar-refractivity contribution in [2.75, 3.05) is 36.0 Å². The average Bonchev–Trinajstić information content (AvgIpc) is 3.15. The molecule has 2 heterocycles. The highest BCUT2D eigenvalue weighted by molar-refractivity contribution is 5.72. The second-order valence-corrected chi connectivity index (χ2v) is 10.8. The first-order valence-electron chi connectivity index (χ1n) is 12.7. The van der Waals surface area contributed by atoms with Gasteiger partial charge in [0.15, 0.2) is 0 Å². The fourth-order valence-electron chi connectivity index (χ4n) is 6.05. The monoisotopic (exact) mass is 485 g/mol. The number of benzene rings is 3. The smallest absolute Gasteiger partial charge is 0.269 e. The van der Waals surface area contributed by atoms with Gasteiger partial charge in [-0.05, 0) is 75.9 Å². The van der Waals surface area contributed by atoms with E-state index in [0.29, 0.717) is 0 Å². The Bertz CT molecular complexity index is 1310. The predicted molar refractivity (Wildman–Crippen MR) is 146 cm³/mol. The van der Waals surface area contributed by atoms with E-state index in [1.807, 2.05) is 12.1 Å². The number of hydrogen-bond donors (Lipinski definition) is 0. The van der Waals surface area contributed by atoms with E-state index in [9.17, 15) is 10.1 Å². The molecule has 0 N–H and O–H groups in total. The van der Waals surface area contributed by atoms with Crippen molar-refractivity contribution in [3.05, 3.63) is 92.0 Å². The van der Waals surface area contributed by atoms with Crippen LogP contribution in [0.4, 0.5) is 17.1 Å². The third kappa shape index (κ3) is 3.98. The molecule has 3 aromatic rings. The van der Waals surface area contributed by atoms with E-state index in [2.05, 4.69) is 75.6 Å². The van der Waals surface area contributed by atoms with Crippen molar-refractivity contribution in [3.8, 4) is 5.75 Å². The van der Waals surface area contributed by atoms with E-state index < -0.39 is 0 Å². The summed E-state index contributed by atoms with van der Waals surface area (Å²) in [4.78, 5) is 15.5. The number of nitro groups is 1. The number of ether oxygens (including phenoxy) is 1. The average molecular weight is 486 g/mol. The lowest BCUT2D eigenvalue weighted by atomic mass is 9.78. The topological polar surface area (TPSA) is 58.9 Å². The molecule has 188 valence electrons. The zero-order valence-corrected chi connectivity index (χ0v) is 22.1. The molecule has 1 unspecified atom stereocenters. The van der Waals surface area contributed by atoms with Gasteiger partial charge in [-0.15, -0.1) is 0 Å². The van der Waals surface area contributed by atoms with Gasteiger partial charge in [0, 0.05) is 55.2 Å². The van der Waals surface area contributed by atoms with Crippen LogP contribution in [0, 0.1) is 37.8 Å². The molecule has 0 amide bonds. The van der Waals surface area contributed by atoms with Gasteiger partial charge in [-0.25, -0.2) is 0 Å². The van der Waals surface area contributed by atoms with Crippen molar-refractivity contribution in [1.29, 1.82) is 0 Å². The van der Waals surface area contributed by atoms with Crippen molar-refractivity contribution in [2.24, 2.45) is 0 Å². The Morgan fingerprint density at radius 1 is 0.833 bits per heavy atom. The number of rotatable bonds is 4. The molecule has 2 aliphatic rings. The molecule has 1 saturated heterocycles. The number of aryl methyl sites for hydroxylation is 1. The van der Waals surface area contributed by atoms with E-state index in [-0.39, 0.29) is 22.1 Å². The summed E-state index contributed by atoms with van der Waals surface area (Å²) in [6, 6.07) is 15.8. The summed E-state index contributed by atoms with van der Waals surface area (Å²) in [7, 11) is 0. The number of nitrogens with zero attached hydrogens (tertiary/aromatic N) is 3. The van der Waals surface area contributed by atoms with Gasteiger partial charge in [-0.2, -0.15) is 0 Å². The Morgan fingerprint density at radius 2 is 1.42 bits per heavy atom. The maximum Gasteiger partial charge on any atom is 0.269 e. The van der Waals surface area contributed by atoms with E-state index in [4.69, 9.17) is 4.74 Å². The van der Waals surface area contributed by atoms with Crippen molar-refractivity contribution in [1.82, 2.24) is 0 Å². The number of anilines is 2. The van der Waals surface area contributed by atoms with E-state index >= 15 is 0 Å². The first-order chi connectivity index (χ1) is 17.1. The molecule has 2 aliphatic heterocycles. The van der Waals surface area contributed by atoms with Crippen molar-refractivity contribution >= 4 is 17.1 Å². The highest BCUT2D eigenvalue weighted by Crippen LogP contribution is 2.54. The summed E-state index contributed by atoms with van der Waals surface area (Å²) in [5.41, 5.74) is 9.87. The number of non-ortho nitro benzene ring substituents is 1. The van der Waals surface area contributed by atoms with Gasteiger partial charge >= 0.3 is 0 Å². The van der Waals surface area contributed by atoms with Crippen molar-refractivity contribution < 1.29 is 9.66 Å². The first kappa shape index (κ1) is 24.2. The molecule has 0 aliphatic carbocycles. The molecule has 3 aromatic carbocycles. The van der Waals surface area contributed by atoms with Crippen LogP contribution in [0.1, 0.15) is 53.1 Å². The quantitative estimate of drug-likeness (QED) is 0.314. The Hall–Kier alpha value is -3.54. The van der Waals surface area contributed by atoms with Crippen molar-refractivity contribution in [2.45, 2.75) is 53.1 Å². The van der Waals surface area contributed by atoms with Crippen molar-refractivity contribution in [3.63, 3.8) is 0 Å². The number of hydrogen-bond acceptors (Lipinski definition) is 5. The van der Waals surface area contributed by atoms with Crippen LogP contribution in [-0.4, -0.2) is 36.7 Å². The summed E-state index contributed by atoms with van der Waals surface area (Å²) in [5, 5.41) is 11.0. The standard InChI is InChI=1S/C30H35N3O3/c1-19-7-9-23(10-8-19)27-26-22(4)28(20(2)21(3)29(26)36-30(27,5)6)32-17-15-31(16-18-32)24-11-13-25(14-12-24)33(34)35/h7-14,27H,15-18H2,1-6H3. The molecule has 0 radical (unpaired) electrons. The summed E-state index contributed by atoms with van der Waals surface area (Å²) in [5.74, 6) is 1.22. The van der Waals surface area contributed by atoms with Gasteiger partial charge in [0.05, 0.1) is 10.8 Å². The van der Waals surface area contributed by atoms with Gasteiger partial charge in [0.25, 0.3) is 5.69 Å². The highest BCUT2D eigenvalue weighted by atomic mass is 16.6.